The number of carbonyl (C=O) groups excluding carboxylic acids is 1. The largest absolute Gasteiger partial charge is 0.379 e. The first-order valence-corrected chi connectivity index (χ1v) is 11.1. The van der Waals surface area contributed by atoms with Crippen molar-refractivity contribution in [1.29, 1.82) is 0 Å². The molecular formula is C25H33N3O2. The van der Waals surface area contributed by atoms with Gasteiger partial charge >= 0.3 is 0 Å². The van der Waals surface area contributed by atoms with Crippen molar-refractivity contribution in [3.8, 4) is 0 Å². The summed E-state index contributed by atoms with van der Waals surface area (Å²) in [7, 11) is 0. The summed E-state index contributed by atoms with van der Waals surface area (Å²) in [5.41, 5.74) is 3.39. The second-order valence-electron chi connectivity index (χ2n) is 8.60. The van der Waals surface area contributed by atoms with E-state index in [4.69, 9.17) is 4.74 Å². The van der Waals surface area contributed by atoms with Crippen molar-refractivity contribution in [2.75, 3.05) is 38.2 Å². The molecule has 1 atom stereocenters. The van der Waals surface area contributed by atoms with Gasteiger partial charge in [-0.2, -0.15) is 0 Å². The van der Waals surface area contributed by atoms with E-state index >= 15 is 0 Å². The van der Waals surface area contributed by atoms with Gasteiger partial charge in [-0.3, -0.25) is 14.6 Å². The first kappa shape index (κ1) is 21.0. The lowest BCUT2D eigenvalue weighted by molar-refractivity contribution is -0.118. The van der Waals surface area contributed by atoms with Gasteiger partial charge in [-0.1, -0.05) is 42.5 Å². The van der Waals surface area contributed by atoms with Crippen molar-refractivity contribution in [3.05, 3.63) is 65.7 Å². The molecule has 1 saturated heterocycles. The number of carbonyl (C=O) groups is 1. The summed E-state index contributed by atoms with van der Waals surface area (Å²) < 4.78 is 5.41. The number of amides is 1. The zero-order chi connectivity index (χ0) is 20.8. The summed E-state index contributed by atoms with van der Waals surface area (Å²) in [6.07, 6.45) is 2.55. The van der Waals surface area contributed by atoms with Gasteiger partial charge in [-0.25, -0.2) is 0 Å². The maximum absolute atomic E-state index is 12.8. The van der Waals surface area contributed by atoms with Crippen molar-refractivity contribution in [2.24, 2.45) is 5.92 Å². The Morgan fingerprint density at radius 2 is 1.77 bits per heavy atom. The SMILES string of the molecule is CC(C1CC1)N(CC(=O)Nc1ccc(CN2CCOCC2)cc1)Cc1ccccc1. The Bertz CT molecular complexity index is 799. The highest BCUT2D eigenvalue weighted by molar-refractivity contribution is 5.92. The molecule has 2 aliphatic rings. The van der Waals surface area contributed by atoms with Gasteiger partial charge in [0, 0.05) is 37.9 Å². The quantitative estimate of drug-likeness (QED) is 0.688. The van der Waals surface area contributed by atoms with E-state index in [1.165, 1.54) is 24.0 Å². The third-order valence-electron chi connectivity index (χ3n) is 6.20. The normalized spacial score (nSPS) is 18.3. The van der Waals surface area contributed by atoms with Crippen LogP contribution in [0.2, 0.25) is 0 Å². The van der Waals surface area contributed by atoms with E-state index < -0.39 is 0 Å². The van der Waals surface area contributed by atoms with Gasteiger partial charge in [0.25, 0.3) is 0 Å². The lowest BCUT2D eigenvalue weighted by Gasteiger charge is -2.29. The minimum Gasteiger partial charge on any atom is -0.379 e. The molecule has 1 aliphatic heterocycles. The number of hydrogen-bond donors (Lipinski definition) is 1. The van der Waals surface area contributed by atoms with Crippen molar-refractivity contribution in [3.63, 3.8) is 0 Å². The highest BCUT2D eigenvalue weighted by Gasteiger charge is 2.32. The Morgan fingerprint density at radius 3 is 2.43 bits per heavy atom. The Labute approximate surface area is 180 Å². The molecule has 5 heteroatoms. The van der Waals surface area contributed by atoms with Gasteiger partial charge in [0.2, 0.25) is 5.91 Å². The van der Waals surface area contributed by atoms with E-state index in [0.29, 0.717) is 12.6 Å². The maximum atomic E-state index is 12.8. The lowest BCUT2D eigenvalue weighted by atomic mass is 10.1. The Hall–Kier alpha value is -2.21. The summed E-state index contributed by atoms with van der Waals surface area (Å²) in [6.45, 7) is 8.01. The van der Waals surface area contributed by atoms with Gasteiger partial charge in [0.1, 0.15) is 0 Å². The average Bonchev–Trinajstić information content (AvgIpc) is 3.61. The number of hydrogen-bond acceptors (Lipinski definition) is 4. The molecule has 1 amide bonds. The van der Waals surface area contributed by atoms with Gasteiger partial charge in [0.05, 0.1) is 19.8 Å². The number of morpholine rings is 1. The topological polar surface area (TPSA) is 44.8 Å². The number of ether oxygens (including phenoxy) is 1. The van der Waals surface area contributed by atoms with Crippen LogP contribution >= 0.6 is 0 Å². The monoisotopic (exact) mass is 407 g/mol. The molecule has 0 aromatic heterocycles. The molecule has 2 aromatic carbocycles. The van der Waals surface area contributed by atoms with E-state index in [9.17, 15) is 4.79 Å². The molecule has 30 heavy (non-hydrogen) atoms. The van der Waals surface area contributed by atoms with Crippen LogP contribution in [0.4, 0.5) is 5.69 Å². The smallest absolute Gasteiger partial charge is 0.238 e. The molecule has 0 bridgehead atoms. The number of benzene rings is 2. The molecule has 0 radical (unpaired) electrons. The standard InChI is InChI=1S/C25H33N3O2/c1-20(23-9-10-23)28(18-21-5-3-2-4-6-21)19-25(29)26-24-11-7-22(8-12-24)17-27-13-15-30-16-14-27/h2-8,11-12,20,23H,9-10,13-19H2,1H3,(H,26,29). The fourth-order valence-corrected chi connectivity index (χ4v) is 4.13. The van der Waals surface area contributed by atoms with Crippen LogP contribution in [0.25, 0.3) is 0 Å². The molecule has 1 aliphatic carbocycles. The molecule has 1 heterocycles. The second-order valence-corrected chi connectivity index (χ2v) is 8.60. The van der Waals surface area contributed by atoms with Crippen molar-refractivity contribution < 1.29 is 9.53 Å². The van der Waals surface area contributed by atoms with Gasteiger partial charge < -0.3 is 10.1 Å². The lowest BCUT2D eigenvalue weighted by Crippen LogP contribution is -2.40. The maximum Gasteiger partial charge on any atom is 0.238 e. The third kappa shape index (κ3) is 6.14. The molecule has 0 spiro atoms. The van der Waals surface area contributed by atoms with Gasteiger partial charge in [0.15, 0.2) is 0 Å². The number of rotatable bonds is 9. The van der Waals surface area contributed by atoms with Crippen LogP contribution in [0, 0.1) is 5.92 Å². The van der Waals surface area contributed by atoms with E-state index in [-0.39, 0.29) is 5.91 Å². The highest BCUT2D eigenvalue weighted by atomic mass is 16.5. The van der Waals surface area contributed by atoms with E-state index in [1.807, 2.05) is 18.2 Å². The van der Waals surface area contributed by atoms with Crippen LogP contribution in [0.15, 0.2) is 54.6 Å². The van der Waals surface area contributed by atoms with Crippen LogP contribution in [-0.4, -0.2) is 54.6 Å². The Morgan fingerprint density at radius 1 is 1.07 bits per heavy atom. The molecule has 2 aromatic rings. The predicted octanol–water partition coefficient (Wildman–Crippen LogP) is 3.76. The fraction of sp³-hybridized carbons (Fsp3) is 0.480. The third-order valence-corrected chi connectivity index (χ3v) is 6.20. The first-order valence-electron chi connectivity index (χ1n) is 11.1. The summed E-state index contributed by atoms with van der Waals surface area (Å²) in [5, 5.41) is 3.09. The van der Waals surface area contributed by atoms with Crippen molar-refractivity contribution in [2.45, 2.75) is 38.9 Å². The summed E-state index contributed by atoms with van der Waals surface area (Å²) >= 11 is 0. The predicted molar refractivity (Wildman–Crippen MR) is 120 cm³/mol. The summed E-state index contributed by atoms with van der Waals surface area (Å²) in [4.78, 5) is 17.5. The van der Waals surface area contributed by atoms with Crippen LogP contribution in [-0.2, 0) is 22.6 Å². The fourth-order valence-electron chi connectivity index (χ4n) is 4.13. The average molecular weight is 408 g/mol. The minimum atomic E-state index is 0.0550. The van der Waals surface area contributed by atoms with Crippen molar-refractivity contribution in [1.82, 2.24) is 9.80 Å². The first-order chi connectivity index (χ1) is 14.7. The zero-order valence-corrected chi connectivity index (χ0v) is 17.9. The van der Waals surface area contributed by atoms with E-state index in [0.717, 1.165) is 51.0 Å². The van der Waals surface area contributed by atoms with E-state index in [2.05, 4.69) is 58.4 Å². The number of nitrogens with zero attached hydrogens (tertiary/aromatic N) is 2. The molecule has 1 saturated carbocycles. The molecule has 4 rings (SSSR count). The van der Waals surface area contributed by atoms with Crippen molar-refractivity contribution >= 4 is 11.6 Å². The van der Waals surface area contributed by atoms with Crippen LogP contribution in [0.3, 0.4) is 0 Å². The van der Waals surface area contributed by atoms with Gasteiger partial charge in [-0.15, -0.1) is 0 Å². The Balaban J connectivity index is 1.32. The molecular weight excluding hydrogens is 374 g/mol. The highest BCUT2D eigenvalue weighted by Crippen LogP contribution is 2.35. The molecule has 5 nitrogen and oxygen atoms in total. The Kier molecular flexibility index (Phi) is 7.16. The number of nitrogens with one attached hydrogen (secondary N) is 1. The van der Waals surface area contributed by atoms with Crippen LogP contribution in [0.5, 0.6) is 0 Å². The van der Waals surface area contributed by atoms with Crippen LogP contribution < -0.4 is 5.32 Å². The second kappa shape index (κ2) is 10.2. The zero-order valence-electron chi connectivity index (χ0n) is 17.9. The summed E-state index contributed by atoms with van der Waals surface area (Å²) in [6, 6.07) is 19.1. The molecule has 1 N–H and O–H groups in total. The summed E-state index contributed by atoms with van der Waals surface area (Å²) in [5.74, 6) is 0.778. The van der Waals surface area contributed by atoms with E-state index in [1.54, 1.807) is 0 Å². The molecule has 1 unspecified atom stereocenters. The van der Waals surface area contributed by atoms with Gasteiger partial charge in [-0.05, 0) is 48.9 Å². The molecule has 2 fully saturated rings. The number of anilines is 1. The van der Waals surface area contributed by atoms with Crippen LogP contribution in [0.1, 0.15) is 30.9 Å². The molecule has 160 valence electrons. The minimum absolute atomic E-state index is 0.0550.